The molecule has 0 spiro atoms. The summed E-state index contributed by atoms with van der Waals surface area (Å²) < 4.78 is 28.7. The minimum Gasteiger partial charge on any atom is -0.380 e. The Morgan fingerprint density at radius 1 is 1.56 bits per heavy atom. The maximum Gasteiger partial charge on any atom is 0.249 e. The Bertz CT molecular complexity index is 97.6. The van der Waals surface area contributed by atoms with E-state index in [1.807, 2.05) is 0 Å². The lowest BCUT2D eigenvalue weighted by Crippen LogP contribution is -2.49. The molecule has 1 aliphatic rings. The van der Waals surface area contributed by atoms with Crippen molar-refractivity contribution in [1.82, 2.24) is 0 Å². The second kappa shape index (κ2) is 2.50. The fourth-order valence-corrected chi connectivity index (χ4v) is 1.19. The SMILES string of the molecule is FC(F)C1(CBr)COC1. The molecule has 1 aliphatic heterocycles. The van der Waals surface area contributed by atoms with Gasteiger partial charge in [0.05, 0.1) is 18.6 Å². The number of alkyl halides is 3. The Morgan fingerprint density at radius 3 is 2.11 bits per heavy atom. The highest BCUT2D eigenvalue weighted by Gasteiger charge is 2.46. The van der Waals surface area contributed by atoms with Crippen LogP contribution in [0.1, 0.15) is 0 Å². The minimum atomic E-state index is -2.26. The molecule has 4 heteroatoms. The van der Waals surface area contributed by atoms with Crippen LogP contribution >= 0.6 is 15.9 Å². The van der Waals surface area contributed by atoms with Crippen molar-refractivity contribution in [3.8, 4) is 0 Å². The summed E-state index contributed by atoms with van der Waals surface area (Å²) in [7, 11) is 0. The van der Waals surface area contributed by atoms with Gasteiger partial charge in [-0.1, -0.05) is 15.9 Å². The lowest BCUT2D eigenvalue weighted by molar-refractivity contribution is -0.170. The molecule has 0 aromatic rings. The summed E-state index contributed by atoms with van der Waals surface area (Å²) in [6.45, 7) is 0.381. The van der Waals surface area contributed by atoms with E-state index in [0.29, 0.717) is 5.33 Å². The quantitative estimate of drug-likeness (QED) is 0.617. The van der Waals surface area contributed by atoms with Crippen molar-refractivity contribution in [2.75, 3.05) is 18.5 Å². The first-order valence-corrected chi connectivity index (χ1v) is 3.75. The van der Waals surface area contributed by atoms with Crippen LogP contribution in [0.3, 0.4) is 0 Å². The molecule has 1 heterocycles. The second-order valence-corrected chi connectivity index (χ2v) is 2.85. The molecule has 54 valence electrons. The molecule has 0 aliphatic carbocycles. The van der Waals surface area contributed by atoms with E-state index in [9.17, 15) is 8.78 Å². The molecule has 9 heavy (non-hydrogen) atoms. The molecule has 1 rings (SSSR count). The van der Waals surface area contributed by atoms with Crippen LogP contribution < -0.4 is 0 Å². The highest BCUT2D eigenvalue weighted by atomic mass is 79.9. The van der Waals surface area contributed by atoms with Crippen LogP contribution in [0.2, 0.25) is 0 Å². The predicted molar refractivity (Wildman–Crippen MR) is 33.0 cm³/mol. The zero-order valence-corrected chi connectivity index (χ0v) is 6.33. The number of rotatable bonds is 2. The predicted octanol–water partition coefficient (Wildman–Crippen LogP) is 1.66. The Balaban J connectivity index is 2.46. The van der Waals surface area contributed by atoms with Crippen molar-refractivity contribution in [3.63, 3.8) is 0 Å². The summed E-state index contributed by atoms with van der Waals surface area (Å²) in [6.07, 6.45) is -2.26. The van der Waals surface area contributed by atoms with E-state index in [-0.39, 0.29) is 13.2 Å². The molecule has 0 unspecified atom stereocenters. The fraction of sp³-hybridized carbons (Fsp3) is 1.00. The first kappa shape index (κ1) is 7.41. The van der Waals surface area contributed by atoms with Crippen LogP contribution in [0, 0.1) is 5.41 Å². The summed E-state index contributed by atoms with van der Waals surface area (Å²) in [4.78, 5) is 0. The first-order chi connectivity index (χ1) is 4.21. The van der Waals surface area contributed by atoms with E-state index in [4.69, 9.17) is 0 Å². The monoisotopic (exact) mass is 200 g/mol. The lowest BCUT2D eigenvalue weighted by Gasteiger charge is -2.38. The summed E-state index contributed by atoms with van der Waals surface area (Å²) >= 11 is 3.02. The smallest absolute Gasteiger partial charge is 0.249 e. The molecule has 0 saturated carbocycles. The van der Waals surface area contributed by atoms with Crippen LogP contribution in [0.5, 0.6) is 0 Å². The molecule has 0 amide bonds. The van der Waals surface area contributed by atoms with Crippen LogP contribution in [0.15, 0.2) is 0 Å². The van der Waals surface area contributed by atoms with E-state index in [2.05, 4.69) is 20.7 Å². The zero-order chi connectivity index (χ0) is 6.91. The number of hydrogen-bond acceptors (Lipinski definition) is 1. The molecule has 0 aromatic heterocycles. The van der Waals surface area contributed by atoms with Gasteiger partial charge in [0.2, 0.25) is 6.43 Å². The van der Waals surface area contributed by atoms with E-state index >= 15 is 0 Å². The summed E-state index contributed by atoms with van der Waals surface area (Å²) in [5.41, 5.74) is -0.875. The van der Waals surface area contributed by atoms with Crippen molar-refractivity contribution in [2.24, 2.45) is 5.41 Å². The largest absolute Gasteiger partial charge is 0.380 e. The van der Waals surface area contributed by atoms with Gasteiger partial charge >= 0.3 is 0 Å². The Kier molecular flexibility index (Phi) is 2.06. The van der Waals surface area contributed by atoms with Crippen LogP contribution in [0.4, 0.5) is 8.78 Å². The number of halogens is 3. The molecule has 1 nitrogen and oxygen atoms in total. The summed E-state index contributed by atoms with van der Waals surface area (Å²) in [6, 6.07) is 0. The van der Waals surface area contributed by atoms with E-state index in [1.165, 1.54) is 0 Å². The van der Waals surface area contributed by atoms with E-state index in [1.54, 1.807) is 0 Å². The summed E-state index contributed by atoms with van der Waals surface area (Å²) in [5, 5.41) is 0.331. The third-order valence-electron chi connectivity index (χ3n) is 1.51. The number of ether oxygens (including phenoxy) is 1. The van der Waals surface area contributed by atoms with Gasteiger partial charge in [-0.2, -0.15) is 0 Å². The first-order valence-electron chi connectivity index (χ1n) is 2.63. The van der Waals surface area contributed by atoms with Crippen molar-refractivity contribution in [3.05, 3.63) is 0 Å². The van der Waals surface area contributed by atoms with Crippen LogP contribution in [0.25, 0.3) is 0 Å². The van der Waals surface area contributed by atoms with E-state index < -0.39 is 11.8 Å². The average Bonchev–Trinajstić information content (AvgIpc) is 1.62. The van der Waals surface area contributed by atoms with Gasteiger partial charge in [-0.05, 0) is 0 Å². The molecule has 1 fully saturated rings. The van der Waals surface area contributed by atoms with Crippen molar-refractivity contribution in [2.45, 2.75) is 6.43 Å². The van der Waals surface area contributed by atoms with Crippen LogP contribution in [-0.2, 0) is 4.74 Å². The zero-order valence-electron chi connectivity index (χ0n) is 4.74. The maximum absolute atomic E-state index is 12.0. The van der Waals surface area contributed by atoms with E-state index in [0.717, 1.165) is 0 Å². The lowest BCUT2D eigenvalue weighted by atomic mass is 9.89. The van der Waals surface area contributed by atoms with Gasteiger partial charge in [-0.3, -0.25) is 0 Å². The van der Waals surface area contributed by atoms with Gasteiger partial charge in [0, 0.05) is 5.33 Å². The minimum absolute atomic E-state index is 0.190. The van der Waals surface area contributed by atoms with Gasteiger partial charge in [-0.25, -0.2) is 8.78 Å². The number of hydrogen-bond donors (Lipinski definition) is 0. The second-order valence-electron chi connectivity index (χ2n) is 2.29. The fourth-order valence-electron chi connectivity index (χ4n) is 0.626. The van der Waals surface area contributed by atoms with Gasteiger partial charge in [0.1, 0.15) is 0 Å². The van der Waals surface area contributed by atoms with Crippen LogP contribution in [-0.4, -0.2) is 25.0 Å². The van der Waals surface area contributed by atoms with Gasteiger partial charge in [0.25, 0.3) is 0 Å². The normalized spacial score (nSPS) is 24.0. The molecule has 0 radical (unpaired) electrons. The third kappa shape index (κ3) is 1.10. The van der Waals surface area contributed by atoms with Gasteiger partial charge in [-0.15, -0.1) is 0 Å². The molecule has 0 N–H and O–H groups in total. The van der Waals surface area contributed by atoms with Gasteiger partial charge < -0.3 is 4.74 Å². The average molecular weight is 201 g/mol. The Morgan fingerprint density at radius 2 is 2.11 bits per heavy atom. The highest BCUT2D eigenvalue weighted by molar-refractivity contribution is 9.09. The highest BCUT2D eigenvalue weighted by Crippen LogP contribution is 2.35. The van der Waals surface area contributed by atoms with Crippen molar-refractivity contribution in [1.29, 1.82) is 0 Å². The molecular formula is C5H7BrF2O. The third-order valence-corrected chi connectivity index (χ3v) is 2.62. The van der Waals surface area contributed by atoms with Crippen molar-refractivity contribution < 1.29 is 13.5 Å². The van der Waals surface area contributed by atoms with Crippen molar-refractivity contribution >= 4 is 15.9 Å². The standard InChI is InChI=1S/C5H7BrF2O/c6-1-5(4(7)8)2-9-3-5/h4H,1-3H2. The Hall–Kier alpha value is 0.300. The van der Waals surface area contributed by atoms with Gasteiger partial charge in [0.15, 0.2) is 0 Å². The molecule has 0 atom stereocenters. The summed E-state index contributed by atoms with van der Waals surface area (Å²) in [5.74, 6) is 0. The Labute approximate surface area is 60.5 Å². The molecule has 0 aromatic carbocycles. The molecular weight excluding hydrogens is 194 g/mol. The molecule has 0 bridgehead atoms. The topological polar surface area (TPSA) is 9.23 Å². The molecule has 1 saturated heterocycles. The maximum atomic E-state index is 12.0.